The van der Waals surface area contributed by atoms with Gasteiger partial charge in [0.1, 0.15) is 5.78 Å². The Morgan fingerprint density at radius 2 is 2.30 bits per heavy atom. The minimum absolute atomic E-state index is 0.132. The molecule has 0 spiro atoms. The Bertz CT molecular complexity index is 178. The molecule has 1 aliphatic rings. The van der Waals surface area contributed by atoms with E-state index in [0.717, 1.165) is 0 Å². The van der Waals surface area contributed by atoms with Gasteiger partial charge in [-0.3, -0.25) is 9.59 Å². The van der Waals surface area contributed by atoms with Crippen molar-refractivity contribution in [3.05, 3.63) is 0 Å². The first-order valence-electron chi connectivity index (χ1n) is 3.14. The molecule has 10 heavy (non-hydrogen) atoms. The van der Waals surface area contributed by atoms with Crippen LogP contribution in [0.3, 0.4) is 0 Å². The van der Waals surface area contributed by atoms with Crippen molar-refractivity contribution >= 4 is 11.8 Å². The quantitative estimate of drug-likeness (QED) is 0.512. The second-order valence-corrected chi connectivity index (χ2v) is 2.48. The van der Waals surface area contributed by atoms with Crippen molar-refractivity contribution in [2.45, 2.75) is 18.9 Å². The molecule has 0 bridgehead atoms. The molecule has 0 saturated heterocycles. The highest BCUT2D eigenvalue weighted by atomic mass is 16.4. The summed E-state index contributed by atoms with van der Waals surface area (Å²) in [7, 11) is 0. The summed E-state index contributed by atoms with van der Waals surface area (Å²) >= 11 is 0. The smallest absolute Gasteiger partial charge is 0.308 e. The molecular weight excluding hydrogens is 134 g/mol. The Morgan fingerprint density at radius 1 is 1.70 bits per heavy atom. The summed E-state index contributed by atoms with van der Waals surface area (Å²) in [6, 6.07) is -0.766. The van der Waals surface area contributed by atoms with E-state index in [-0.39, 0.29) is 5.78 Å². The largest absolute Gasteiger partial charge is 0.481 e. The topological polar surface area (TPSA) is 80.4 Å². The van der Waals surface area contributed by atoms with E-state index < -0.39 is 17.9 Å². The molecule has 0 aliphatic heterocycles. The van der Waals surface area contributed by atoms with E-state index >= 15 is 0 Å². The number of carboxylic acids is 1. The third-order valence-corrected chi connectivity index (χ3v) is 1.82. The normalized spacial score (nSPS) is 32.7. The maximum Gasteiger partial charge on any atom is 0.308 e. The van der Waals surface area contributed by atoms with Gasteiger partial charge in [0.2, 0.25) is 0 Å². The molecule has 0 aromatic heterocycles. The van der Waals surface area contributed by atoms with Crippen LogP contribution in [-0.2, 0) is 9.59 Å². The standard InChI is InChI=1S/C6H9NO3/c7-5-3(6(9)10)1-2-4(5)8/h3,5H,1-2,7H2,(H,9,10). The van der Waals surface area contributed by atoms with Crippen LogP contribution in [-0.4, -0.2) is 22.9 Å². The number of carbonyl (C=O) groups excluding carboxylic acids is 1. The van der Waals surface area contributed by atoms with Crippen molar-refractivity contribution in [2.24, 2.45) is 11.7 Å². The third kappa shape index (κ3) is 1.02. The Morgan fingerprint density at radius 3 is 2.50 bits per heavy atom. The number of rotatable bonds is 1. The number of hydrogen-bond acceptors (Lipinski definition) is 3. The fraction of sp³-hybridized carbons (Fsp3) is 0.667. The summed E-state index contributed by atoms with van der Waals surface area (Å²) < 4.78 is 0. The van der Waals surface area contributed by atoms with Crippen LogP contribution >= 0.6 is 0 Å². The van der Waals surface area contributed by atoms with Crippen molar-refractivity contribution < 1.29 is 14.7 Å². The van der Waals surface area contributed by atoms with E-state index in [4.69, 9.17) is 10.8 Å². The number of Topliss-reactive ketones (excluding diaryl/α,β-unsaturated/α-hetero) is 1. The number of hydrogen-bond donors (Lipinski definition) is 2. The molecule has 0 amide bonds. The summed E-state index contributed by atoms with van der Waals surface area (Å²) in [5.74, 6) is -1.74. The first kappa shape index (κ1) is 7.21. The number of carboxylic acid groups (broad SMARTS) is 1. The summed E-state index contributed by atoms with van der Waals surface area (Å²) in [5.41, 5.74) is 5.29. The Hall–Kier alpha value is -0.900. The average Bonchev–Trinajstić information content (AvgIpc) is 2.14. The number of ketones is 1. The first-order chi connectivity index (χ1) is 4.63. The van der Waals surface area contributed by atoms with Gasteiger partial charge < -0.3 is 10.8 Å². The van der Waals surface area contributed by atoms with E-state index in [1.54, 1.807) is 0 Å². The molecule has 0 aromatic carbocycles. The minimum Gasteiger partial charge on any atom is -0.481 e. The van der Waals surface area contributed by atoms with E-state index in [0.29, 0.717) is 12.8 Å². The van der Waals surface area contributed by atoms with Crippen LogP contribution in [0.4, 0.5) is 0 Å². The van der Waals surface area contributed by atoms with E-state index in [9.17, 15) is 9.59 Å². The monoisotopic (exact) mass is 143 g/mol. The van der Waals surface area contributed by atoms with Gasteiger partial charge in [-0.25, -0.2) is 0 Å². The Kier molecular flexibility index (Phi) is 1.72. The molecule has 0 heterocycles. The SMILES string of the molecule is NC1C(=O)CCC1C(=O)O. The molecule has 2 atom stereocenters. The van der Waals surface area contributed by atoms with Gasteiger partial charge in [-0.1, -0.05) is 0 Å². The molecule has 1 fully saturated rings. The fourth-order valence-electron chi connectivity index (χ4n) is 1.15. The van der Waals surface area contributed by atoms with Gasteiger partial charge in [-0.15, -0.1) is 0 Å². The highest BCUT2D eigenvalue weighted by molar-refractivity contribution is 5.92. The van der Waals surface area contributed by atoms with Gasteiger partial charge >= 0.3 is 5.97 Å². The van der Waals surface area contributed by atoms with Crippen LogP contribution in [0.5, 0.6) is 0 Å². The van der Waals surface area contributed by atoms with Crippen molar-refractivity contribution in [2.75, 3.05) is 0 Å². The van der Waals surface area contributed by atoms with Crippen molar-refractivity contribution in [1.29, 1.82) is 0 Å². The zero-order valence-electron chi connectivity index (χ0n) is 5.41. The average molecular weight is 143 g/mol. The highest BCUT2D eigenvalue weighted by Gasteiger charge is 2.36. The molecule has 0 radical (unpaired) electrons. The number of nitrogens with two attached hydrogens (primary N) is 1. The lowest BCUT2D eigenvalue weighted by Crippen LogP contribution is -2.35. The zero-order valence-corrected chi connectivity index (χ0v) is 5.41. The van der Waals surface area contributed by atoms with Crippen LogP contribution < -0.4 is 5.73 Å². The van der Waals surface area contributed by atoms with Crippen LogP contribution in [0.1, 0.15) is 12.8 Å². The van der Waals surface area contributed by atoms with Gasteiger partial charge in [-0.05, 0) is 6.42 Å². The van der Waals surface area contributed by atoms with Crippen LogP contribution in [0.25, 0.3) is 0 Å². The molecule has 0 aromatic rings. The van der Waals surface area contributed by atoms with Crippen LogP contribution in [0, 0.1) is 5.92 Å². The minimum atomic E-state index is -0.960. The molecule has 1 aliphatic carbocycles. The molecule has 4 heteroatoms. The molecule has 4 nitrogen and oxygen atoms in total. The maximum atomic E-state index is 10.7. The fourth-order valence-corrected chi connectivity index (χ4v) is 1.15. The molecule has 1 saturated carbocycles. The molecule has 56 valence electrons. The third-order valence-electron chi connectivity index (χ3n) is 1.82. The van der Waals surface area contributed by atoms with Crippen molar-refractivity contribution in [3.63, 3.8) is 0 Å². The van der Waals surface area contributed by atoms with Gasteiger partial charge in [0.05, 0.1) is 12.0 Å². The number of carbonyl (C=O) groups is 2. The van der Waals surface area contributed by atoms with Gasteiger partial charge in [0, 0.05) is 6.42 Å². The van der Waals surface area contributed by atoms with Crippen LogP contribution in [0.15, 0.2) is 0 Å². The predicted molar refractivity (Wildman–Crippen MR) is 33.3 cm³/mol. The molecule has 2 unspecified atom stereocenters. The number of aliphatic carboxylic acids is 1. The maximum absolute atomic E-state index is 10.7. The summed E-state index contributed by atoms with van der Waals surface area (Å²) in [6.07, 6.45) is 0.716. The Labute approximate surface area is 58.0 Å². The van der Waals surface area contributed by atoms with Crippen molar-refractivity contribution in [1.82, 2.24) is 0 Å². The highest BCUT2D eigenvalue weighted by Crippen LogP contribution is 2.20. The summed E-state index contributed by atoms with van der Waals surface area (Å²) in [4.78, 5) is 21.0. The van der Waals surface area contributed by atoms with Crippen molar-refractivity contribution in [3.8, 4) is 0 Å². The lowest BCUT2D eigenvalue weighted by Gasteiger charge is -2.06. The zero-order chi connectivity index (χ0) is 7.72. The second kappa shape index (κ2) is 2.38. The second-order valence-electron chi connectivity index (χ2n) is 2.48. The van der Waals surface area contributed by atoms with E-state index in [1.807, 2.05) is 0 Å². The molecule has 1 rings (SSSR count). The predicted octanol–water partition coefficient (Wildman–Crippen LogP) is -0.623. The van der Waals surface area contributed by atoms with E-state index in [1.165, 1.54) is 0 Å². The van der Waals surface area contributed by atoms with Gasteiger partial charge in [-0.2, -0.15) is 0 Å². The molecular formula is C6H9NO3. The first-order valence-corrected chi connectivity index (χ1v) is 3.14. The van der Waals surface area contributed by atoms with Gasteiger partial charge in [0.25, 0.3) is 0 Å². The lowest BCUT2D eigenvalue weighted by atomic mass is 10.1. The summed E-state index contributed by atoms with van der Waals surface area (Å²) in [5, 5.41) is 8.47. The van der Waals surface area contributed by atoms with Crippen LogP contribution in [0.2, 0.25) is 0 Å². The Balaban J connectivity index is 2.66. The van der Waals surface area contributed by atoms with E-state index in [2.05, 4.69) is 0 Å². The van der Waals surface area contributed by atoms with Gasteiger partial charge in [0.15, 0.2) is 0 Å². The summed E-state index contributed by atoms with van der Waals surface area (Å²) in [6.45, 7) is 0. The lowest BCUT2D eigenvalue weighted by molar-refractivity contribution is -0.142. The molecule has 3 N–H and O–H groups in total.